The van der Waals surface area contributed by atoms with Gasteiger partial charge in [-0.2, -0.15) is 0 Å². The number of aromatic nitrogens is 1. The minimum absolute atomic E-state index is 0.0214. The molecule has 2 aliphatic rings. The molecule has 3 aromatic rings. The van der Waals surface area contributed by atoms with Crippen molar-refractivity contribution in [2.24, 2.45) is 5.92 Å². The lowest BCUT2D eigenvalue weighted by Gasteiger charge is -2.32. The molecule has 6 nitrogen and oxygen atoms in total. The van der Waals surface area contributed by atoms with E-state index < -0.39 is 0 Å². The molecule has 0 spiro atoms. The highest BCUT2D eigenvalue weighted by molar-refractivity contribution is 5.97. The second-order valence-corrected chi connectivity index (χ2v) is 10.3. The van der Waals surface area contributed by atoms with E-state index in [0.717, 1.165) is 31.2 Å². The Hall–Kier alpha value is -3.15. The van der Waals surface area contributed by atoms with E-state index in [0.29, 0.717) is 54.0 Å². The van der Waals surface area contributed by atoms with Gasteiger partial charge in [0.25, 0.3) is 5.91 Å². The standard InChI is InChI=1S/C29H35N3O3/c1-20-8-10-22(11-9-20)28-31-25-19-23(12-13-26(25)35-28)29(34)32-16-14-21(15-17-32)18-27(33)30-24-6-4-2-3-5-7-24/h8-13,19,21,24H,2-7,14-18H2,1H3,(H,30,33). The van der Waals surface area contributed by atoms with E-state index in [1.165, 1.54) is 31.2 Å². The van der Waals surface area contributed by atoms with Gasteiger partial charge in [0.15, 0.2) is 5.58 Å². The van der Waals surface area contributed by atoms with Crippen molar-refractivity contribution < 1.29 is 14.0 Å². The van der Waals surface area contributed by atoms with Crippen molar-refractivity contribution in [1.29, 1.82) is 0 Å². The molecule has 1 saturated heterocycles. The van der Waals surface area contributed by atoms with Crippen molar-refractivity contribution in [2.75, 3.05) is 13.1 Å². The maximum atomic E-state index is 13.2. The molecule has 1 N–H and O–H groups in total. The highest BCUT2D eigenvalue weighted by atomic mass is 16.3. The number of nitrogens with one attached hydrogen (secondary N) is 1. The number of amides is 2. The first-order valence-electron chi connectivity index (χ1n) is 13.1. The molecule has 2 aromatic carbocycles. The van der Waals surface area contributed by atoms with Crippen LogP contribution < -0.4 is 5.32 Å². The number of oxazole rings is 1. The van der Waals surface area contributed by atoms with Gasteiger partial charge < -0.3 is 14.6 Å². The number of hydrogen-bond acceptors (Lipinski definition) is 4. The van der Waals surface area contributed by atoms with Crippen molar-refractivity contribution in [3.63, 3.8) is 0 Å². The van der Waals surface area contributed by atoms with Gasteiger partial charge in [0.05, 0.1) is 0 Å². The third kappa shape index (κ3) is 5.75. The summed E-state index contributed by atoms with van der Waals surface area (Å²) < 4.78 is 5.91. The lowest BCUT2D eigenvalue weighted by atomic mass is 9.92. The zero-order chi connectivity index (χ0) is 24.2. The molecule has 0 bridgehead atoms. The van der Waals surface area contributed by atoms with Crippen molar-refractivity contribution in [3.05, 3.63) is 53.6 Å². The Balaban J connectivity index is 1.16. The van der Waals surface area contributed by atoms with E-state index >= 15 is 0 Å². The Morgan fingerprint density at radius 3 is 2.40 bits per heavy atom. The average Bonchev–Trinajstić information content (AvgIpc) is 3.13. The summed E-state index contributed by atoms with van der Waals surface area (Å²) in [6.45, 7) is 3.42. The lowest BCUT2D eigenvalue weighted by molar-refractivity contribution is -0.123. The van der Waals surface area contributed by atoms with E-state index in [4.69, 9.17) is 4.42 Å². The molecular weight excluding hydrogens is 438 g/mol. The summed E-state index contributed by atoms with van der Waals surface area (Å²) in [5.74, 6) is 1.11. The summed E-state index contributed by atoms with van der Waals surface area (Å²) >= 11 is 0. The van der Waals surface area contributed by atoms with Gasteiger partial charge in [-0.15, -0.1) is 0 Å². The van der Waals surface area contributed by atoms with Crippen LogP contribution in [0.3, 0.4) is 0 Å². The van der Waals surface area contributed by atoms with Crippen LogP contribution in [0.2, 0.25) is 0 Å². The molecule has 1 aliphatic heterocycles. The zero-order valence-electron chi connectivity index (χ0n) is 20.6. The summed E-state index contributed by atoms with van der Waals surface area (Å²) in [6.07, 6.45) is 9.55. The molecule has 5 rings (SSSR count). The van der Waals surface area contributed by atoms with E-state index in [1.807, 2.05) is 54.3 Å². The Morgan fingerprint density at radius 1 is 0.971 bits per heavy atom. The van der Waals surface area contributed by atoms with Crippen molar-refractivity contribution >= 4 is 22.9 Å². The molecule has 2 heterocycles. The number of rotatable bonds is 5. The van der Waals surface area contributed by atoms with Gasteiger partial charge in [-0.1, -0.05) is 43.4 Å². The first kappa shape index (κ1) is 23.6. The fraction of sp³-hybridized carbons (Fsp3) is 0.483. The van der Waals surface area contributed by atoms with Crippen LogP contribution in [0.1, 0.15) is 73.7 Å². The molecule has 35 heavy (non-hydrogen) atoms. The maximum Gasteiger partial charge on any atom is 0.253 e. The van der Waals surface area contributed by atoms with Gasteiger partial charge in [0.2, 0.25) is 11.8 Å². The average molecular weight is 474 g/mol. The van der Waals surface area contributed by atoms with Gasteiger partial charge in [-0.3, -0.25) is 9.59 Å². The first-order valence-corrected chi connectivity index (χ1v) is 13.1. The van der Waals surface area contributed by atoms with Crippen LogP contribution in [0.15, 0.2) is 46.9 Å². The Morgan fingerprint density at radius 2 is 1.69 bits per heavy atom. The largest absolute Gasteiger partial charge is 0.436 e. The van der Waals surface area contributed by atoms with E-state index in [2.05, 4.69) is 10.3 Å². The third-order valence-corrected chi connectivity index (χ3v) is 7.53. The van der Waals surface area contributed by atoms with Gasteiger partial charge >= 0.3 is 0 Å². The molecule has 0 unspecified atom stereocenters. The molecule has 0 radical (unpaired) electrons. The minimum Gasteiger partial charge on any atom is -0.436 e. The Labute approximate surface area is 207 Å². The predicted octanol–water partition coefficient (Wildman–Crippen LogP) is 5.88. The summed E-state index contributed by atoms with van der Waals surface area (Å²) in [7, 11) is 0. The Kier molecular flexibility index (Phi) is 7.16. The Bertz CT molecular complexity index is 1170. The number of benzene rings is 2. The van der Waals surface area contributed by atoms with Crippen LogP contribution in [0.4, 0.5) is 0 Å². The zero-order valence-corrected chi connectivity index (χ0v) is 20.6. The first-order chi connectivity index (χ1) is 17.0. The fourth-order valence-corrected chi connectivity index (χ4v) is 5.38. The number of piperidine rings is 1. The normalized spacial score (nSPS) is 17.9. The minimum atomic E-state index is 0.0214. The molecule has 1 aromatic heterocycles. The third-order valence-electron chi connectivity index (χ3n) is 7.53. The SMILES string of the molecule is Cc1ccc(-c2nc3cc(C(=O)N4CCC(CC(=O)NC5CCCCCC5)CC4)ccc3o2)cc1. The number of carbonyl (C=O) groups excluding carboxylic acids is 2. The number of fused-ring (bicyclic) bond motifs is 1. The van der Waals surface area contributed by atoms with Crippen LogP contribution >= 0.6 is 0 Å². The van der Waals surface area contributed by atoms with Crippen molar-refractivity contribution in [3.8, 4) is 11.5 Å². The summed E-state index contributed by atoms with van der Waals surface area (Å²) in [5.41, 5.74) is 4.10. The fourth-order valence-electron chi connectivity index (χ4n) is 5.38. The molecule has 0 atom stereocenters. The number of nitrogens with zero attached hydrogens (tertiary/aromatic N) is 2. The van der Waals surface area contributed by atoms with Gasteiger partial charge in [-0.25, -0.2) is 4.98 Å². The molecule has 2 fully saturated rings. The van der Waals surface area contributed by atoms with Crippen LogP contribution in [-0.2, 0) is 4.79 Å². The van der Waals surface area contributed by atoms with E-state index in [-0.39, 0.29) is 11.8 Å². The van der Waals surface area contributed by atoms with Crippen molar-refractivity contribution in [2.45, 2.75) is 70.8 Å². The highest BCUT2D eigenvalue weighted by Crippen LogP contribution is 2.27. The smallest absolute Gasteiger partial charge is 0.253 e. The summed E-state index contributed by atoms with van der Waals surface area (Å²) in [6, 6.07) is 13.9. The lowest BCUT2D eigenvalue weighted by Crippen LogP contribution is -2.41. The second kappa shape index (κ2) is 10.6. The maximum absolute atomic E-state index is 13.2. The monoisotopic (exact) mass is 473 g/mol. The quantitative estimate of drug-likeness (QED) is 0.469. The van der Waals surface area contributed by atoms with Crippen LogP contribution in [-0.4, -0.2) is 40.8 Å². The number of hydrogen-bond donors (Lipinski definition) is 1. The number of aryl methyl sites for hydroxylation is 1. The molecule has 6 heteroatoms. The van der Waals surface area contributed by atoms with Crippen molar-refractivity contribution in [1.82, 2.24) is 15.2 Å². The summed E-state index contributed by atoms with van der Waals surface area (Å²) in [5, 5.41) is 3.26. The topological polar surface area (TPSA) is 75.4 Å². The number of likely N-dealkylation sites (tertiary alicyclic amines) is 1. The molecule has 1 saturated carbocycles. The molecule has 184 valence electrons. The van der Waals surface area contributed by atoms with Gasteiger partial charge in [-0.05, 0) is 68.9 Å². The second-order valence-electron chi connectivity index (χ2n) is 10.3. The van der Waals surface area contributed by atoms with Gasteiger partial charge in [0, 0.05) is 36.7 Å². The van der Waals surface area contributed by atoms with E-state index in [1.54, 1.807) is 0 Å². The van der Waals surface area contributed by atoms with Crippen LogP contribution in [0.25, 0.3) is 22.6 Å². The molecular formula is C29H35N3O3. The molecule has 1 aliphatic carbocycles. The predicted molar refractivity (Wildman–Crippen MR) is 137 cm³/mol. The van der Waals surface area contributed by atoms with Crippen LogP contribution in [0.5, 0.6) is 0 Å². The van der Waals surface area contributed by atoms with Crippen LogP contribution in [0, 0.1) is 12.8 Å². The van der Waals surface area contributed by atoms with E-state index in [9.17, 15) is 9.59 Å². The summed E-state index contributed by atoms with van der Waals surface area (Å²) in [4.78, 5) is 32.3. The number of carbonyl (C=O) groups is 2. The molecule has 2 amide bonds. The highest BCUT2D eigenvalue weighted by Gasteiger charge is 2.26. The van der Waals surface area contributed by atoms with Gasteiger partial charge in [0.1, 0.15) is 5.52 Å².